The van der Waals surface area contributed by atoms with E-state index in [1.54, 1.807) is 0 Å². The summed E-state index contributed by atoms with van der Waals surface area (Å²) in [7, 11) is 0. The van der Waals surface area contributed by atoms with Crippen molar-refractivity contribution < 1.29 is 4.42 Å². The summed E-state index contributed by atoms with van der Waals surface area (Å²) >= 11 is 0.0228. The van der Waals surface area contributed by atoms with Crippen LogP contribution in [0.3, 0.4) is 0 Å². The van der Waals surface area contributed by atoms with Crippen molar-refractivity contribution >= 4 is 46.2 Å². The molecule has 0 amide bonds. The van der Waals surface area contributed by atoms with Crippen molar-refractivity contribution in [2.24, 2.45) is 0 Å². The molecule has 0 aliphatic heterocycles. The molecule has 0 N–H and O–H groups in total. The number of aromatic nitrogens is 1. The summed E-state index contributed by atoms with van der Waals surface area (Å²) in [6, 6.07) is 45.9. The number of fused-ring (bicyclic) bond motifs is 4. The summed E-state index contributed by atoms with van der Waals surface area (Å²) < 4.78 is 9.15. The van der Waals surface area contributed by atoms with Gasteiger partial charge in [-0.3, -0.25) is 0 Å². The van der Waals surface area contributed by atoms with Crippen LogP contribution in [-0.2, 0) is 0 Å². The van der Waals surface area contributed by atoms with Gasteiger partial charge in [0.25, 0.3) is 0 Å². The number of nitrogens with zero attached hydrogens (tertiary/aromatic N) is 1. The van der Waals surface area contributed by atoms with Crippen molar-refractivity contribution in [2.75, 3.05) is 0 Å². The van der Waals surface area contributed by atoms with Crippen molar-refractivity contribution in [2.45, 2.75) is 39.5 Å². The van der Waals surface area contributed by atoms with Gasteiger partial charge in [0.1, 0.15) is 0 Å². The maximum absolute atomic E-state index is 6.66. The van der Waals surface area contributed by atoms with Gasteiger partial charge >= 0.3 is 277 Å². The normalized spacial score (nSPS) is 11.9. The number of hydrogen-bond acceptors (Lipinski definition) is 2. The third-order valence-corrected chi connectivity index (χ3v) is 11.5. The molecule has 6 aromatic carbocycles. The molecule has 0 saturated heterocycles. The molecule has 0 aliphatic carbocycles. The van der Waals surface area contributed by atoms with Crippen molar-refractivity contribution in [3.05, 3.63) is 139 Å². The summed E-state index contributed by atoms with van der Waals surface area (Å²) in [6.07, 6.45) is 0. The molecule has 0 radical (unpaired) electrons. The fourth-order valence-electron chi connectivity index (χ4n) is 6.74. The Balaban J connectivity index is 1.30. The molecule has 8 aromatic rings. The molecular weight excluding hydrogens is 625 g/mol. The standard InChI is InChI=1S/C43H35NOSe/c1-26(2)36-23-31(29-15-9-6-10-16-29)24-37(27(3)4)40(36)34-18-12-20-38-42(34)46-43(44-38)35-19-11-17-33-32-22-21-30(25-39(32)45-41(33)35)28-13-7-5-8-14-28/h5-27H,1-4H3. The van der Waals surface area contributed by atoms with E-state index in [-0.39, 0.29) is 14.5 Å². The molecule has 0 fully saturated rings. The molecule has 2 aromatic heterocycles. The van der Waals surface area contributed by atoms with Gasteiger partial charge in [-0.1, -0.05) is 0 Å². The van der Waals surface area contributed by atoms with Crippen LogP contribution in [0, 0.1) is 0 Å². The van der Waals surface area contributed by atoms with Gasteiger partial charge in [-0.25, -0.2) is 0 Å². The van der Waals surface area contributed by atoms with Crippen molar-refractivity contribution in [3.8, 4) is 43.5 Å². The Morgan fingerprint density at radius 1 is 0.543 bits per heavy atom. The van der Waals surface area contributed by atoms with Crippen LogP contribution < -0.4 is 0 Å². The predicted octanol–water partition coefficient (Wildman–Crippen LogP) is 12.1. The molecule has 2 heterocycles. The summed E-state index contributed by atoms with van der Waals surface area (Å²) in [6.45, 7) is 9.28. The van der Waals surface area contributed by atoms with Crippen LogP contribution in [0.25, 0.3) is 75.2 Å². The first-order valence-corrected chi connectivity index (χ1v) is 17.8. The minimum atomic E-state index is 0.0228. The van der Waals surface area contributed by atoms with Gasteiger partial charge in [-0.05, 0) is 0 Å². The molecule has 0 unspecified atom stereocenters. The van der Waals surface area contributed by atoms with E-state index >= 15 is 0 Å². The van der Waals surface area contributed by atoms with Gasteiger partial charge < -0.3 is 0 Å². The SMILES string of the molecule is CC(C)c1cc(-c2ccccc2)cc(C(C)C)c1-c1cccc2nc(-c3cccc4c3oc3cc(-c5ccccc5)ccc34)[se]c12. The Morgan fingerprint density at radius 2 is 1.17 bits per heavy atom. The minimum absolute atomic E-state index is 0.0228. The van der Waals surface area contributed by atoms with Crippen LogP contribution >= 0.6 is 0 Å². The van der Waals surface area contributed by atoms with E-state index in [0.29, 0.717) is 11.8 Å². The van der Waals surface area contributed by atoms with Gasteiger partial charge in [-0.15, -0.1) is 0 Å². The van der Waals surface area contributed by atoms with Crippen molar-refractivity contribution in [1.82, 2.24) is 4.98 Å². The molecule has 0 saturated carbocycles. The van der Waals surface area contributed by atoms with Crippen LogP contribution in [0.4, 0.5) is 0 Å². The average Bonchev–Trinajstić information content (AvgIpc) is 3.70. The summed E-state index contributed by atoms with van der Waals surface area (Å²) in [5, 5.41) is 2.28. The zero-order chi connectivity index (χ0) is 31.4. The molecule has 0 aliphatic rings. The molecule has 0 spiro atoms. The van der Waals surface area contributed by atoms with Gasteiger partial charge in [0.2, 0.25) is 0 Å². The van der Waals surface area contributed by atoms with Gasteiger partial charge in [0, 0.05) is 0 Å². The second-order valence-corrected chi connectivity index (χ2v) is 14.8. The molecule has 2 nitrogen and oxygen atoms in total. The van der Waals surface area contributed by atoms with Crippen LogP contribution in [0.5, 0.6) is 0 Å². The van der Waals surface area contributed by atoms with Crippen molar-refractivity contribution in [1.29, 1.82) is 0 Å². The molecule has 8 rings (SSSR count). The fraction of sp³-hybridized carbons (Fsp3) is 0.140. The molecule has 224 valence electrons. The first-order chi connectivity index (χ1) is 22.5. The van der Waals surface area contributed by atoms with Crippen LogP contribution in [0.1, 0.15) is 50.7 Å². The van der Waals surface area contributed by atoms with E-state index in [0.717, 1.165) is 43.1 Å². The number of hydrogen-bond donors (Lipinski definition) is 0. The third-order valence-electron chi connectivity index (χ3n) is 9.07. The molecule has 0 bridgehead atoms. The Kier molecular flexibility index (Phi) is 7.25. The van der Waals surface area contributed by atoms with Crippen LogP contribution in [0.2, 0.25) is 0 Å². The number of para-hydroxylation sites is 1. The van der Waals surface area contributed by atoms with E-state index in [4.69, 9.17) is 9.40 Å². The van der Waals surface area contributed by atoms with E-state index in [1.807, 2.05) is 0 Å². The second kappa shape index (κ2) is 11.6. The van der Waals surface area contributed by atoms with Crippen LogP contribution in [0.15, 0.2) is 132 Å². The zero-order valence-corrected chi connectivity index (χ0v) is 28.3. The van der Waals surface area contributed by atoms with Gasteiger partial charge in [-0.2, -0.15) is 0 Å². The Bertz CT molecular complexity index is 2330. The molecule has 46 heavy (non-hydrogen) atoms. The van der Waals surface area contributed by atoms with E-state index in [1.165, 1.54) is 43.2 Å². The fourth-order valence-corrected chi connectivity index (χ4v) is 9.07. The third kappa shape index (κ3) is 4.92. The predicted molar refractivity (Wildman–Crippen MR) is 196 cm³/mol. The van der Waals surface area contributed by atoms with Crippen LogP contribution in [-0.4, -0.2) is 19.5 Å². The monoisotopic (exact) mass is 661 g/mol. The quantitative estimate of drug-likeness (QED) is 0.166. The number of furan rings is 1. The summed E-state index contributed by atoms with van der Waals surface area (Å²) in [5.74, 6) is 0.762. The molecule has 3 heteroatoms. The Labute approximate surface area is 276 Å². The zero-order valence-electron chi connectivity index (χ0n) is 26.5. The van der Waals surface area contributed by atoms with E-state index in [9.17, 15) is 0 Å². The van der Waals surface area contributed by atoms with Gasteiger partial charge in [0.15, 0.2) is 0 Å². The van der Waals surface area contributed by atoms with Gasteiger partial charge in [0.05, 0.1) is 0 Å². The van der Waals surface area contributed by atoms with E-state index < -0.39 is 0 Å². The topological polar surface area (TPSA) is 26.0 Å². The summed E-state index contributed by atoms with van der Waals surface area (Å²) in [4.78, 5) is 5.29. The molecular formula is C43H35NOSe. The number of benzene rings is 6. The summed E-state index contributed by atoms with van der Waals surface area (Å²) in [5.41, 5.74) is 14.4. The van der Waals surface area contributed by atoms with Crippen molar-refractivity contribution in [3.63, 3.8) is 0 Å². The molecule has 0 atom stereocenters. The first kappa shape index (κ1) is 28.8. The average molecular weight is 661 g/mol. The second-order valence-electron chi connectivity index (χ2n) is 12.7. The Morgan fingerprint density at radius 3 is 1.85 bits per heavy atom. The maximum atomic E-state index is 6.66. The Hall–Kier alpha value is -4.69. The number of rotatable bonds is 6. The first-order valence-electron chi connectivity index (χ1n) is 16.1. The van der Waals surface area contributed by atoms with E-state index in [2.05, 4.69) is 155 Å².